The number of oxazole rings is 1. The second-order valence-corrected chi connectivity index (χ2v) is 5.17. The van der Waals surface area contributed by atoms with Gasteiger partial charge in [0.1, 0.15) is 17.9 Å². The van der Waals surface area contributed by atoms with Crippen LogP contribution in [0.25, 0.3) is 22.5 Å². The Morgan fingerprint density at radius 1 is 1.24 bits per heavy atom. The SMILES string of the molecule is O=[N+]([O-])c1cccc(-c2nnn(Cc3nc4cc(F)ccc4o3)n2)c1. The molecule has 10 heteroatoms. The summed E-state index contributed by atoms with van der Waals surface area (Å²) in [6.07, 6.45) is 0. The van der Waals surface area contributed by atoms with Crippen molar-refractivity contribution >= 4 is 16.8 Å². The first-order valence-electron chi connectivity index (χ1n) is 7.16. The van der Waals surface area contributed by atoms with Crippen molar-refractivity contribution in [3.05, 3.63) is 64.3 Å². The smallest absolute Gasteiger partial charge is 0.270 e. The summed E-state index contributed by atoms with van der Waals surface area (Å²) in [6, 6.07) is 9.98. The molecule has 0 aliphatic carbocycles. The number of nitro groups is 1. The van der Waals surface area contributed by atoms with Gasteiger partial charge in [-0.25, -0.2) is 9.37 Å². The van der Waals surface area contributed by atoms with Crippen LogP contribution < -0.4 is 0 Å². The highest BCUT2D eigenvalue weighted by atomic mass is 19.1. The molecule has 0 spiro atoms. The zero-order chi connectivity index (χ0) is 17.4. The fourth-order valence-electron chi connectivity index (χ4n) is 2.32. The Kier molecular flexibility index (Phi) is 3.42. The Balaban J connectivity index is 1.60. The zero-order valence-electron chi connectivity index (χ0n) is 12.5. The summed E-state index contributed by atoms with van der Waals surface area (Å²) in [4.78, 5) is 15.8. The van der Waals surface area contributed by atoms with E-state index in [9.17, 15) is 14.5 Å². The minimum absolute atomic E-state index is 0.0603. The molecule has 0 atom stereocenters. The highest BCUT2D eigenvalue weighted by Crippen LogP contribution is 2.21. The van der Waals surface area contributed by atoms with Crippen LogP contribution in [0.3, 0.4) is 0 Å². The third kappa shape index (κ3) is 2.92. The molecule has 2 aromatic carbocycles. The molecule has 0 aliphatic rings. The minimum atomic E-state index is -0.495. The van der Waals surface area contributed by atoms with Gasteiger partial charge in [0.15, 0.2) is 5.58 Å². The first-order valence-corrected chi connectivity index (χ1v) is 7.16. The van der Waals surface area contributed by atoms with Crippen LogP contribution in [-0.4, -0.2) is 30.1 Å². The van der Waals surface area contributed by atoms with Gasteiger partial charge in [-0.2, -0.15) is 4.80 Å². The number of benzene rings is 2. The number of rotatable bonds is 4. The van der Waals surface area contributed by atoms with Gasteiger partial charge in [0.25, 0.3) is 5.69 Å². The van der Waals surface area contributed by atoms with E-state index in [2.05, 4.69) is 20.4 Å². The molecule has 0 fully saturated rings. The van der Waals surface area contributed by atoms with Crippen molar-refractivity contribution in [1.82, 2.24) is 25.2 Å². The molecule has 25 heavy (non-hydrogen) atoms. The van der Waals surface area contributed by atoms with Gasteiger partial charge in [-0.05, 0) is 17.3 Å². The average molecular weight is 340 g/mol. The number of aromatic nitrogens is 5. The Bertz CT molecular complexity index is 1090. The Labute approximate surface area is 138 Å². The lowest BCUT2D eigenvalue weighted by Crippen LogP contribution is -2.04. The Morgan fingerprint density at radius 2 is 2.12 bits per heavy atom. The number of fused-ring (bicyclic) bond motifs is 1. The molecule has 0 saturated carbocycles. The zero-order valence-corrected chi connectivity index (χ0v) is 12.5. The van der Waals surface area contributed by atoms with E-state index in [-0.39, 0.29) is 18.1 Å². The lowest BCUT2D eigenvalue weighted by atomic mass is 10.2. The van der Waals surface area contributed by atoms with Gasteiger partial charge >= 0.3 is 0 Å². The van der Waals surface area contributed by atoms with E-state index in [1.165, 1.54) is 35.1 Å². The van der Waals surface area contributed by atoms with E-state index in [4.69, 9.17) is 4.42 Å². The largest absolute Gasteiger partial charge is 0.439 e. The maximum atomic E-state index is 13.2. The second kappa shape index (κ2) is 5.74. The third-order valence-corrected chi connectivity index (χ3v) is 3.44. The quantitative estimate of drug-likeness (QED) is 0.414. The fraction of sp³-hybridized carbons (Fsp3) is 0.0667. The van der Waals surface area contributed by atoms with Crippen LogP contribution in [0.15, 0.2) is 46.9 Å². The van der Waals surface area contributed by atoms with Crippen LogP contribution >= 0.6 is 0 Å². The van der Waals surface area contributed by atoms with Crippen molar-refractivity contribution in [3.8, 4) is 11.4 Å². The number of non-ortho nitro benzene ring substituents is 1. The van der Waals surface area contributed by atoms with Crippen molar-refractivity contribution in [3.63, 3.8) is 0 Å². The number of tetrazole rings is 1. The number of hydrogen-bond acceptors (Lipinski definition) is 7. The molecular formula is C15H9FN6O3. The van der Waals surface area contributed by atoms with Crippen molar-refractivity contribution in [2.45, 2.75) is 6.54 Å². The third-order valence-electron chi connectivity index (χ3n) is 3.44. The highest BCUT2D eigenvalue weighted by molar-refractivity contribution is 5.72. The molecule has 0 saturated heterocycles. The normalized spacial score (nSPS) is 11.1. The van der Waals surface area contributed by atoms with E-state index in [0.717, 1.165) is 0 Å². The Morgan fingerprint density at radius 3 is 2.96 bits per heavy atom. The summed E-state index contributed by atoms with van der Waals surface area (Å²) in [5.41, 5.74) is 1.26. The van der Waals surface area contributed by atoms with Crippen molar-refractivity contribution in [1.29, 1.82) is 0 Å². The number of nitro benzene ring substituents is 1. The summed E-state index contributed by atoms with van der Waals surface area (Å²) in [6.45, 7) is 0.0955. The first-order chi connectivity index (χ1) is 12.1. The summed E-state index contributed by atoms with van der Waals surface area (Å²) < 4.78 is 18.7. The van der Waals surface area contributed by atoms with Crippen LogP contribution in [-0.2, 0) is 6.54 Å². The molecule has 2 aromatic heterocycles. The molecule has 0 radical (unpaired) electrons. The van der Waals surface area contributed by atoms with E-state index in [0.29, 0.717) is 22.6 Å². The summed E-state index contributed by atoms with van der Waals surface area (Å²) >= 11 is 0. The van der Waals surface area contributed by atoms with Gasteiger partial charge in [-0.15, -0.1) is 10.2 Å². The van der Waals surface area contributed by atoms with Gasteiger partial charge in [-0.3, -0.25) is 10.1 Å². The van der Waals surface area contributed by atoms with Gasteiger partial charge in [0.05, 0.1) is 4.92 Å². The maximum Gasteiger partial charge on any atom is 0.270 e. The van der Waals surface area contributed by atoms with Crippen LogP contribution in [0.4, 0.5) is 10.1 Å². The molecule has 9 nitrogen and oxygen atoms in total. The van der Waals surface area contributed by atoms with E-state index in [1.807, 2.05) is 0 Å². The van der Waals surface area contributed by atoms with Crippen molar-refractivity contribution < 1.29 is 13.7 Å². The minimum Gasteiger partial charge on any atom is -0.439 e. The van der Waals surface area contributed by atoms with Crippen molar-refractivity contribution in [2.24, 2.45) is 0 Å². The van der Waals surface area contributed by atoms with Crippen molar-refractivity contribution in [2.75, 3.05) is 0 Å². The lowest BCUT2D eigenvalue weighted by molar-refractivity contribution is -0.384. The van der Waals surface area contributed by atoms with Gasteiger partial charge in [0.2, 0.25) is 11.7 Å². The average Bonchev–Trinajstić information content (AvgIpc) is 3.21. The monoisotopic (exact) mass is 340 g/mol. The predicted molar refractivity (Wildman–Crippen MR) is 83.0 cm³/mol. The van der Waals surface area contributed by atoms with Crippen LogP contribution in [0.1, 0.15) is 5.89 Å². The lowest BCUT2D eigenvalue weighted by Gasteiger charge is -1.95. The van der Waals surface area contributed by atoms with Crippen LogP contribution in [0.2, 0.25) is 0 Å². The van der Waals surface area contributed by atoms with E-state index in [1.54, 1.807) is 12.1 Å². The summed E-state index contributed by atoms with van der Waals surface area (Å²) in [7, 11) is 0. The summed E-state index contributed by atoms with van der Waals surface area (Å²) in [5, 5.41) is 22.8. The topological polar surface area (TPSA) is 113 Å². The van der Waals surface area contributed by atoms with E-state index < -0.39 is 10.7 Å². The Hall–Kier alpha value is -3.69. The van der Waals surface area contributed by atoms with Crippen LogP contribution in [0.5, 0.6) is 0 Å². The van der Waals surface area contributed by atoms with Crippen LogP contribution in [0, 0.1) is 15.9 Å². The van der Waals surface area contributed by atoms with Gasteiger partial charge < -0.3 is 4.42 Å². The molecule has 0 N–H and O–H groups in total. The van der Waals surface area contributed by atoms with Gasteiger partial charge in [-0.1, -0.05) is 12.1 Å². The molecule has 4 aromatic rings. The second-order valence-electron chi connectivity index (χ2n) is 5.17. The summed E-state index contributed by atoms with van der Waals surface area (Å²) in [5.74, 6) is 0.133. The molecule has 124 valence electrons. The molecule has 0 aliphatic heterocycles. The maximum absolute atomic E-state index is 13.2. The number of halogens is 1. The molecule has 2 heterocycles. The standard InChI is InChI=1S/C15H9FN6O3/c16-10-4-5-13-12(7-10)17-14(25-13)8-21-19-15(18-20-21)9-2-1-3-11(6-9)22(23)24/h1-7H,8H2. The molecule has 0 bridgehead atoms. The number of hydrogen-bond donors (Lipinski definition) is 0. The molecule has 4 rings (SSSR count). The number of nitrogens with zero attached hydrogens (tertiary/aromatic N) is 6. The van der Waals surface area contributed by atoms with E-state index >= 15 is 0 Å². The fourth-order valence-corrected chi connectivity index (χ4v) is 2.32. The molecule has 0 amide bonds. The first kappa shape index (κ1) is 14.9. The van der Waals surface area contributed by atoms with Gasteiger partial charge in [0, 0.05) is 23.8 Å². The predicted octanol–water partition coefficient (Wildman–Crippen LogP) is 2.58. The molecule has 0 unspecified atom stereocenters. The highest BCUT2D eigenvalue weighted by Gasteiger charge is 2.13. The molecular weight excluding hydrogens is 331 g/mol.